The van der Waals surface area contributed by atoms with Crippen LogP contribution in [-0.4, -0.2) is 17.6 Å². The van der Waals surface area contributed by atoms with Crippen molar-refractivity contribution in [3.63, 3.8) is 0 Å². The molecule has 0 aromatic carbocycles. The quantitative estimate of drug-likeness (QED) is 0.839. The van der Waals surface area contributed by atoms with Crippen LogP contribution in [0.3, 0.4) is 0 Å². The number of aromatic nitrogens is 1. The third kappa shape index (κ3) is 4.29. The molecule has 1 saturated carbocycles. The van der Waals surface area contributed by atoms with Crippen LogP contribution in [0.5, 0.6) is 0 Å². The van der Waals surface area contributed by atoms with Crippen molar-refractivity contribution >= 4 is 11.3 Å². The second kappa shape index (κ2) is 7.56. The predicted molar refractivity (Wildman–Crippen MR) is 88.3 cm³/mol. The van der Waals surface area contributed by atoms with Crippen molar-refractivity contribution in [2.75, 3.05) is 6.54 Å². The van der Waals surface area contributed by atoms with Crippen molar-refractivity contribution in [2.45, 2.75) is 65.8 Å². The standard InChI is InChI=1S/C17H30N2S/c1-5-8-18-17-7-6-14(12(2)3)9-15(17)10-16-11-20-13(4)19-16/h11-12,14-15,17-18H,5-10H2,1-4H3. The highest BCUT2D eigenvalue weighted by Gasteiger charge is 2.31. The lowest BCUT2D eigenvalue weighted by Gasteiger charge is -2.38. The number of hydrogen-bond donors (Lipinski definition) is 1. The first kappa shape index (κ1) is 16.0. The van der Waals surface area contributed by atoms with Gasteiger partial charge in [-0.3, -0.25) is 0 Å². The first-order chi connectivity index (χ1) is 9.60. The number of aryl methyl sites for hydroxylation is 1. The highest BCUT2D eigenvalue weighted by atomic mass is 32.1. The van der Waals surface area contributed by atoms with Crippen LogP contribution in [0.2, 0.25) is 0 Å². The van der Waals surface area contributed by atoms with Crippen molar-refractivity contribution in [1.82, 2.24) is 10.3 Å². The summed E-state index contributed by atoms with van der Waals surface area (Å²) < 4.78 is 0. The van der Waals surface area contributed by atoms with Crippen molar-refractivity contribution in [3.05, 3.63) is 16.1 Å². The lowest BCUT2D eigenvalue weighted by Crippen LogP contribution is -2.42. The Morgan fingerprint density at radius 2 is 2.20 bits per heavy atom. The zero-order chi connectivity index (χ0) is 14.5. The van der Waals surface area contributed by atoms with E-state index in [1.165, 1.54) is 36.4 Å². The topological polar surface area (TPSA) is 24.9 Å². The van der Waals surface area contributed by atoms with Crippen LogP contribution in [0.1, 0.15) is 57.2 Å². The largest absolute Gasteiger partial charge is 0.314 e. The average Bonchev–Trinajstić information content (AvgIpc) is 2.82. The molecule has 3 atom stereocenters. The van der Waals surface area contributed by atoms with Gasteiger partial charge in [0.1, 0.15) is 0 Å². The van der Waals surface area contributed by atoms with Gasteiger partial charge in [0, 0.05) is 11.4 Å². The van der Waals surface area contributed by atoms with Gasteiger partial charge in [-0.1, -0.05) is 20.8 Å². The highest BCUT2D eigenvalue weighted by Crippen LogP contribution is 2.35. The summed E-state index contributed by atoms with van der Waals surface area (Å²) in [7, 11) is 0. The molecule has 0 spiro atoms. The summed E-state index contributed by atoms with van der Waals surface area (Å²) >= 11 is 1.79. The van der Waals surface area contributed by atoms with Gasteiger partial charge in [0.2, 0.25) is 0 Å². The Morgan fingerprint density at radius 3 is 2.80 bits per heavy atom. The first-order valence-corrected chi connectivity index (χ1v) is 9.12. The number of rotatable bonds is 6. The molecule has 2 rings (SSSR count). The van der Waals surface area contributed by atoms with E-state index in [4.69, 9.17) is 0 Å². The van der Waals surface area contributed by atoms with E-state index in [1.807, 2.05) is 0 Å². The van der Waals surface area contributed by atoms with E-state index in [1.54, 1.807) is 11.3 Å². The molecule has 3 unspecified atom stereocenters. The number of thiazole rings is 1. The van der Waals surface area contributed by atoms with E-state index in [9.17, 15) is 0 Å². The fourth-order valence-electron chi connectivity index (χ4n) is 3.50. The minimum atomic E-state index is 0.701. The van der Waals surface area contributed by atoms with Gasteiger partial charge in [-0.2, -0.15) is 0 Å². The van der Waals surface area contributed by atoms with Gasteiger partial charge in [-0.05, 0) is 63.3 Å². The van der Waals surface area contributed by atoms with Crippen LogP contribution in [0.25, 0.3) is 0 Å². The zero-order valence-electron chi connectivity index (χ0n) is 13.5. The Kier molecular flexibility index (Phi) is 6.03. The van der Waals surface area contributed by atoms with E-state index in [0.717, 1.165) is 30.7 Å². The molecule has 0 bridgehead atoms. The maximum absolute atomic E-state index is 4.68. The normalized spacial score (nSPS) is 27.1. The summed E-state index contributed by atoms with van der Waals surface area (Å²) in [6.07, 6.45) is 6.50. The summed E-state index contributed by atoms with van der Waals surface area (Å²) in [6, 6.07) is 0.701. The minimum absolute atomic E-state index is 0.701. The molecular formula is C17H30N2S. The highest BCUT2D eigenvalue weighted by molar-refractivity contribution is 7.09. The molecule has 1 fully saturated rings. The van der Waals surface area contributed by atoms with Gasteiger partial charge in [0.05, 0.1) is 10.7 Å². The molecule has 114 valence electrons. The maximum atomic E-state index is 4.68. The maximum Gasteiger partial charge on any atom is 0.0897 e. The molecule has 20 heavy (non-hydrogen) atoms. The molecule has 1 N–H and O–H groups in total. The summed E-state index contributed by atoms with van der Waals surface area (Å²) in [4.78, 5) is 4.68. The Bertz CT molecular complexity index is 399. The molecule has 3 heteroatoms. The van der Waals surface area contributed by atoms with Crippen LogP contribution in [0, 0.1) is 24.7 Å². The monoisotopic (exact) mass is 294 g/mol. The smallest absolute Gasteiger partial charge is 0.0897 e. The Balaban J connectivity index is 2.00. The number of nitrogens with zero attached hydrogens (tertiary/aromatic N) is 1. The minimum Gasteiger partial charge on any atom is -0.314 e. The Labute approximate surface area is 128 Å². The lowest BCUT2D eigenvalue weighted by atomic mass is 9.72. The van der Waals surface area contributed by atoms with E-state index in [2.05, 4.69) is 43.4 Å². The van der Waals surface area contributed by atoms with E-state index < -0.39 is 0 Å². The van der Waals surface area contributed by atoms with Crippen LogP contribution in [0.15, 0.2) is 5.38 Å². The van der Waals surface area contributed by atoms with Crippen LogP contribution in [-0.2, 0) is 6.42 Å². The van der Waals surface area contributed by atoms with Gasteiger partial charge in [-0.15, -0.1) is 11.3 Å². The second-order valence-corrected chi connectivity index (χ2v) is 7.76. The first-order valence-electron chi connectivity index (χ1n) is 8.24. The Morgan fingerprint density at radius 1 is 1.40 bits per heavy atom. The molecule has 2 nitrogen and oxygen atoms in total. The van der Waals surface area contributed by atoms with E-state index >= 15 is 0 Å². The third-order valence-corrected chi connectivity index (χ3v) is 5.58. The molecular weight excluding hydrogens is 264 g/mol. The molecule has 1 aromatic heterocycles. The average molecular weight is 295 g/mol. The molecule has 1 aromatic rings. The SMILES string of the molecule is CCCNC1CCC(C(C)C)CC1Cc1csc(C)n1. The zero-order valence-corrected chi connectivity index (χ0v) is 14.3. The molecule has 1 aliphatic rings. The fourth-order valence-corrected chi connectivity index (χ4v) is 4.13. The van der Waals surface area contributed by atoms with Gasteiger partial charge in [0.25, 0.3) is 0 Å². The summed E-state index contributed by atoms with van der Waals surface area (Å²) in [5, 5.41) is 7.24. The molecule has 1 aliphatic carbocycles. The van der Waals surface area contributed by atoms with Gasteiger partial charge in [-0.25, -0.2) is 4.98 Å². The van der Waals surface area contributed by atoms with Crippen molar-refractivity contribution in [3.8, 4) is 0 Å². The number of nitrogens with one attached hydrogen (secondary N) is 1. The molecule has 0 aliphatic heterocycles. The van der Waals surface area contributed by atoms with E-state index in [-0.39, 0.29) is 0 Å². The Hall–Kier alpha value is -0.410. The molecule has 0 radical (unpaired) electrons. The van der Waals surface area contributed by atoms with Crippen LogP contribution >= 0.6 is 11.3 Å². The van der Waals surface area contributed by atoms with E-state index in [0.29, 0.717) is 6.04 Å². The van der Waals surface area contributed by atoms with Crippen molar-refractivity contribution < 1.29 is 0 Å². The third-order valence-electron chi connectivity index (χ3n) is 4.76. The van der Waals surface area contributed by atoms with Gasteiger partial charge in [0.15, 0.2) is 0 Å². The van der Waals surface area contributed by atoms with Crippen LogP contribution in [0.4, 0.5) is 0 Å². The summed E-state index contributed by atoms with van der Waals surface area (Å²) in [5.41, 5.74) is 1.31. The number of hydrogen-bond acceptors (Lipinski definition) is 3. The predicted octanol–water partition coefficient (Wildman–Crippen LogP) is 4.43. The lowest BCUT2D eigenvalue weighted by molar-refractivity contribution is 0.167. The molecule has 0 saturated heterocycles. The van der Waals surface area contributed by atoms with Gasteiger partial charge >= 0.3 is 0 Å². The fraction of sp³-hybridized carbons (Fsp3) is 0.824. The summed E-state index contributed by atoms with van der Waals surface area (Å²) in [6.45, 7) is 10.3. The molecule has 0 amide bonds. The van der Waals surface area contributed by atoms with Crippen molar-refractivity contribution in [2.24, 2.45) is 17.8 Å². The van der Waals surface area contributed by atoms with Gasteiger partial charge < -0.3 is 5.32 Å². The molecule has 1 heterocycles. The second-order valence-electron chi connectivity index (χ2n) is 6.70. The summed E-state index contributed by atoms with van der Waals surface area (Å²) in [5.74, 6) is 2.49. The van der Waals surface area contributed by atoms with Crippen molar-refractivity contribution in [1.29, 1.82) is 0 Å². The van der Waals surface area contributed by atoms with Crippen LogP contribution < -0.4 is 5.32 Å².